The fraction of sp³-hybridized carbons (Fsp3) is 0.286. The van der Waals surface area contributed by atoms with Crippen LogP contribution in [0.25, 0.3) is 32.0 Å². The van der Waals surface area contributed by atoms with E-state index >= 15 is 0 Å². The molecule has 1 atom stereocenters. The van der Waals surface area contributed by atoms with E-state index in [1.807, 2.05) is 30.4 Å². The van der Waals surface area contributed by atoms with Gasteiger partial charge in [0.05, 0.1) is 28.8 Å². The maximum Gasteiger partial charge on any atom is 0.345 e. The van der Waals surface area contributed by atoms with Crippen LogP contribution in [0.5, 0.6) is 17.4 Å². The first kappa shape index (κ1) is 45.3. The molecule has 65 heavy (non-hydrogen) atoms. The van der Waals surface area contributed by atoms with Gasteiger partial charge < -0.3 is 24.2 Å². The summed E-state index contributed by atoms with van der Waals surface area (Å²) in [6.07, 6.45) is 11.6. The fourth-order valence-corrected chi connectivity index (χ4v) is 9.20. The van der Waals surface area contributed by atoms with E-state index in [2.05, 4.69) is 47.6 Å². The molecule has 1 N–H and O–H groups in total. The van der Waals surface area contributed by atoms with E-state index in [1.54, 1.807) is 24.4 Å². The van der Waals surface area contributed by atoms with E-state index in [4.69, 9.17) is 32.2 Å². The Labute approximate surface area is 384 Å². The number of rotatable bonds is 10. The number of halogens is 3. The zero-order chi connectivity index (χ0) is 45.5. The van der Waals surface area contributed by atoms with Gasteiger partial charge in [-0.2, -0.15) is 0 Å². The first-order valence-corrected chi connectivity index (χ1v) is 22.2. The molecule has 2 bridgehead atoms. The maximum atomic E-state index is 14.3. The van der Waals surface area contributed by atoms with Gasteiger partial charge in [0, 0.05) is 69.9 Å². The molecule has 5 heterocycles. The molecule has 2 aliphatic rings. The van der Waals surface area contributed by atoms with E-state index in [0.29, 0.717) is 64.6 Å². The molecule has 12 nitrogen and oxygen atoms in total. The zero-order valence-electron chi connectivity index (χ0n) is 35.8. The van der Waals surface area contributed by atoms with Crippen molar-refractivity contribution < 1.29 is 32.9 Å². The van der Waals surface area contributed by atoms with Crippen molar-refractivity contribution in [1.82, 2.24) is 34.6 Å². The van der Waals surface area contributed by atoms with E-state index in [-0.39, 0.29) is 35.6 Å². The van der Waals surface area contributed by atoms with Gasteiger partial charge in [-0.25, -0.2) is 33.5 Å². The highest BCUT2D eigenvalue weighted by Gasteiger charge is 2.28. The number of piperazine rings is 1. The third-order valence-electron chi connectivity index (χ3n) is 11.4. The number of allylic oxidation sites excluding steroid dienone is 2. The first-order valence-electron chi connectivity index (χ1n) is 21.0. The summed E-state index contributed by atoms with van der Waals surface area (Å²) in [4.78, 5) is 39.7. The summed E-state index contributed by atoms with van der Waals surface area (Å²) in [5, 5.41) is 11.6. The molecule has 16 heteroatoms. The van der Waals surface area contributed by atoms with Gasteiger partial charge in [0.1, 0.15) is 40.9 Å². The number of aliphatic carboxylic acids is 1. The molecule has 8 rings (SSSR count). The number of fused-ring (bicyclic) bond motifs is 2. The second kappa shape index (κ2) is 20.7. The van der Waals surface area contributed by atoms with Gasteiger partial charge in [0.2, 0.25) is 12.0 Å². The Hall–Kier alpha value is -6.28. The van der Waals surface area contributed by atoms with Crippen LogP contribution in [0.1, 0.15) is 22.4 Å². The van der Waals surface area contributed by atoms with Gasteiger partial charge in [-0.1, -0.05) is 53.9 Å². The molecule has 6 aromatic rings. The minimum absolute atomic E-state index is 0.0166. The Morgan fingerprint density at radius 3 is 2.51 bits per heavy atom. The molecule has 0 saturated carbocycles. The molecule has 1 saturated heterocycles. The summed E-state index contributed by atoms with van der Waals surface area (Å²) < 4.78 is 46.8. The SMILES string of the molecule is C#C/C(Cl)=C1\C=C/Cc2c(-c3ccc(F)cc3)sc3ncnc(c23)O[C@@H](C(=O)O)Cc2cc(ccc2OCc2ccnc(-c3cc(F)ccc3OC)n2)CN(CCN2CCN(C)CC2)C1. The van der Waals surface area contributed by atoms with E-state index in [0.717, 1.165) is 59.9 Å². The van der Waals surface area contributed by atoms with Crippen molar-refractivity contribution >= 4 is 39.1 Å². The lowest BCUT2D eigenvalue weighted by atomic mass is 10.0. The second-order valence-electron chi connectivity index (χ2n) is 15.8. The summed E-state index contributed by atoms with van der Waals surface area (Å²) in [7, 11) is 3.62. The molecule has 0 aliphatic carbocycles. The number of hydrogen-bond acceptors (Lipinski definition) is 12. The van der Waals surface area contributed by atoms with Crippen molar-refractivity contribution in [3.8, 4) is 51.6 Å². The van der Waals surface area contributed by atoms with Crippen LogP contribution in [-0.2, 0) is 30.8 Å². The van der Waals surface area contributed by atoms with Gasteiger partial charge in [0.25, 0.3) is 0 Å². The summed E-state index contributed by atoms with van der Waals surface area (Å²) in [5.41, 5.74) is 4.63. The predicted molar refractivity (Wildman–Crippen MR) is 247 cm³/mol. The van der Waals surface area contributed by atoms with E-state index in [9.17, 15) is 18.7 Å². The summed E-state index contributed by atoms with van der Waals surface area (Å²) in [6.45, 7) is 6.26. The molecule has 3 aromatic carbocycles. The molecular weight excluding hydrogens is 872 g/mol. The lowest BCUT2D eigenvalue weighted by Crippen LogP contribution is -2.47. The lowest BCUT2D eigenvalue weighted by Gasteiger charge is -2.34. The van der Waals surface area contributed by atoms with Crippen molar-refractivity contribution in [1.29, 1.82) is 0 Å². The minimum Gasteiger partial charge on any atom is -0.496 e. The van der Waals surface area contributed by atoms with Crippen molar-refractivity contribution in [3.05, 3.63) is 136 Å². The normalized spacial score (nSPS) is 17.8. The standard InChI is InChI=1S/C49H46ClF2N7O5S/c1-4-40(50)33-6-5-7-38-44-47(54-30-55-48(44)65-45(38)32-9-11-35(51)12-10-32)64-43(49(60)61)25-34-24-31(27-59(28-33)23-22-58-20-18-57(2)19-21-58)8-14-41(34)63-29-37-16-17-53-46(56-37)39-26-36(52)13-15-42(39)62-3/h1,5-6,8-17,24,26,30,43H,7,18-23,25,27-29H2,2-3H3,(H,60,61)/b6-5-,40-33-/t43-/m1/s1. The largest absolute Gasteiger partial charge is 0.496 e. The monoisotopic (exact) mass is 917 g/mol. The van der Waals surface area contributed by atoms with Crippen LogP contribution in [0.4, 0.5) is 8.78 Å². The number of ether oxygens (including phenoxy) is 3. The third kappa shape index (κ3) is 11.0. The number of aromatic nitrogens is 4. The number of thiophene rings is 1. The number of likely N-dealkylation sites (N-methyl/N-ethyl adjacent to an activating group) is 1. The maximum absolute atomic E-state index is 14.3. The zero-order valence-corrected chi connectivity index (χ0v) is 37.4. The Morgan fingerprint density at radius 2 is 1.74 bits per heavy atom. The lowest BCUT2D eigenvalue weighted by molar-refractivity contribution is -0.145. The van der Waals surface area contributed by atoms with Gasteiger partial charge in [-0.15, -0.1) is 17.8 Å². The average Bonchev–Trinajstić information content (AvgIpc) is 3.69. The van der Waals surface area contributed by atoms with Crippen LogP contribution in [0.3, 0.4) is 0 Å². The Balaban J connectivity index is 1.20. The highest BCUT2D eigenvalue weighted by molar-refractivity contribution is 7.22. The van der Waals surface area contributed by atoms with Crippen LogP contribution in [-0.4, -0.2) is 112 Å². The Kier molecular flexibility index (Phi) is 14.4. The highest BCUT2D eigenvalue weighted by Crippen LogP contribution is 2.42. The number of benzene rings is 3. The third-order valence-corrected chi connectivity index (χ3v) is 12.9. The molecular formula is C49H46ClF2N7O5S. The van der Waals surface area contributed by atoms with Crippen LogP contribution < -0.4 is 14.2 Å². The topological polar surface area (TPSA) is 126 Å². The molecule has 2 aliphatic heterocycles. The van der Waals surface area contributed by atoms with Crippen LogP contribution in [0.2, 0.25) is 0 Å². The fourth-order valence-electron chi connectivity index (χ4n) is 7.91. The van der Waals surface area contributed by atoms with Crippen molar-refractivity contribution in [2.75, 3.05) is 60.0 Å². The summed E-state index contributed by atoms with van der Waals surface area (Å²) >= 11 is 8.19. The van der Waals surface area contributed by atoms with E-state index in [1.165, 1.54) is 55.1 Å². The number of methoxy groups -OCH3 is 1. The van der Waals surface area contributed by atoms with Gasteiger partial charge >= 0.3 is 5.97 Å². The molecule has 0 radical (unpaired) electrons. The Morgan fingerprint density at radius 1 is 0.969 bits per heavy atom. The average molecular weight is 918 g/mol. The highest BCUT2D eigenvalue weighted by atomic mass is 35.5. The number of carboxylic acids is 1. The molecule has 1 fully saturated rings. The first-order chi connectivity index (χ1) is 31.5. The number of terminal acetylenes is 1. The number of carboxylic acid groups (broad SMARTS) is 1. The molecule has 0 amide bonds. The van der Waals surface area contributed by atoms with Gasteiger partial charge in [-0.3, -0.25) is 9.80 Å². The minimum atomic E-state index is -1.40. The number of hydrogen-bond donors (Lipinski definition) is 1. The number of carbonyl (C=O) groups is 1. The summed E-state index contributed by atoms with van der Waals surface area (Å²) in [5.74, 6) is 1.77. The van der Waals surface area contributed by atoms with Crippen LogP contribution >= 0.6 is 22.9 Å². The molecule has 0 spiro atoms. The Bertz CT molecular complexity index is 2790. The summed E-state index contributed by atoms with van der Waals surface area (Å²) in [6, 6.07) is 17.7. The smallest absolute Gasteiger partial charge is 0.345 e. The second-order valence-corrected chi connectivity index (χ2v) is 17.2. The molecule has 0 unspecified atom stereocenters. The quantitative estimate of drug-likeness (QED) is 0.134. The number of nitrogens with zero attached hydrogens (tertiary/aromatic N) is 7. The predicted octanol–water partition coefficient (Wildman–Crippen LogP) is 8.04. The van der Waals surface area contributed by atoms with Crippen LogP contribution in [0.15, 0.2) is 102 Å². The molecule has 334 valence electrons. The van der Waals surface area contributed by atoms with Gasteiger partial charge in [0.15, 0.2) is 5.82 Å². The van der Waals surface area contributed by atoms with Gasteiger partial charge in [-0.05, 0) is 83.8 Å². The van der Waals surface area contributed by atoms with E-state index < -0.39 is 17.9 Å². The van der Waals surface area contributed by atoms with Crippen molar-refractivity contribution in [3.63, 3.8) is 0 Å². The van der Waals surface area contributed by atoms with Crippen molar-refractivity contribution in [2.45, 2.75) is 32.1 Å². The van der Waals surface area contributed by atoms with Crippen LogP contribution in [0, 0.1) is 24.0 Å². The molecule has 3 aromatic heterocycles. The van der Waals surface area contributed by atoms with Crippen molar-refractivity contribution in [2.24, 2.45) is 0 Å².